The molecule has 1 aromatic heterocycles. The first-order chi connectivity index (χ1) is 6.07. The van der Waals surface area contributed by atoms with E-state index in [2.05, 4.69) is 9.68 Å². The Morgan fingerprint density at radius 2 is 2.00 bits per heavy atom. The van der Waals surface area contributed by atoms with E-state index in [-0.39, 0.29) is 0 Å². The van der Waals surface area contributed by atoms with Gasteiger partial charge in [-0.25, -0.2) is 0 Å². The summed E-state index contributed by atoms with van der Waals surface area (Å²) in [6.07, 6.45) is 1.26. The van der Waals surface area contributed by atoms with Gasteiger partial charge < -0.3 is 17.5 Å². The maximum absolute atomic E-state index is 12.2. The van der Waals surface area contributed by atoms with Crippen LogP contribution in [-0.2, 0) is 0 Å². The number of nitrogens with zero attached hydrogens (tertiary/aromatic N) is 1. The van der Waals surface area contributed by atoms with Crippen LogP contribution < -0.4 is 5.46 Å². The smallest absolute Gasteiger partial charge is 0.445 e. The van der Waals surface area contributed by atoms with Gasteiger partial charge >= 0.3 is 6.98 Å². The van der Waals surface area contributed by atoms with Crippen molar-refractivity contribution in [3.05, 3.63) is 24.4 Å². The second-order valence-corrected chi connectivity index (χ2v) is 2.70. The molecule has 2 rings (SSSR count). The van der Waals surface area contributed by atoms with Gasteiger partial charge in [0, 0.05) is 5.39 Å². The van der Waals surface area contributed by atoms with Gasteiger partial charge in [-0.05, 0) is 6.07 Å². The summed E-state index contributed by atoms with van der Waals surface area (Å²) in [6.45, 7) is -4.93. The first-order valence-corrected chi connectivity index (χ1v) is 3.61. The molecule has 0 radical (unpaired) electrons. The third-order valence-corrected chi connectivity index (χ3v) is 1.75. The summed E-state index contributed by atoms with van der Waals surface area (Å²) in [5, 5.41) is 3.76. The normalized spacial score (nSPS) is 12.2. The van der Waals surface area contributed by atoms with Gasteiger partial charge in [0.2, 0.25) is 0 Å². The van der Waals surface area contributed by atoms with E-state index in [0.29, 0.717) is 11.0 Å². The van der Waals surface area contributed by atoms with Crippen LogP contribution in [0.2, 0.25) is 0 Å². The fourth-order valence-electron chi connectivity index (χ4n) is 1.09. The molecule has 6 heteroatoms. The Labute approximate surface area is 71.4 Å². The zero-order valence-electron chi connectivity index (χ0n) is 6.38. The lowest BCUT2D eigenvalue weighted by molar-refractivity contribution is 0.456. The summed E-state index contributed by atoms with van der Waals surface area (Å²) in [6, 6.07) is 3.30. The van der Waals surface area contributed by atoms with Crippen LogP contribution in [0.4, 0.5) is 12.9 Å². The van der Waals surface area contributed by atoms with E-state index in [1.165, 1.54) is 12.3 Å². The lowest BCUT2D eigenvalue weighted by Gasteiger charge is -2.13. The van der Waals surface area contributed by atoms with Gasteiger partial charge in [-0.15, -0.1) is 5.46 Å². The molecular formula is C7H4BF3NO-. The van der Waals surface area contributed by atoms with Crippen molar-refractivity contribution in [2.45, 2.75) is 0 Å². The Morgan fingerprint density at radius 3 is 2.69 bits per heavy atom. The van der Waals surface area contributed by atoms with Crippen LogP contribution in [0.15, 0.2) is 28.9 Å². The van der Waals surface area contributed by atoms with E-state index in [4.69, 9.17) is 0 Å². The van der Waals surface area contributed by atoms with Crippen molar-refractivity contribution in [3.8, 4) is 0 Å². The molecule has 0 aliphatic heterocycles. The summed E-state index contributed by atoms with van der Waals surface area (Å²) in [4.78, 5) is 0. The molecule has 68 valence electrons. The number of hydrogen-bond donors (Lipinski definition) is 0. The molecule has 0 aliphatic rings. The molecule has 13 heavy (non-hydrogen) atoms. The van der Waals surface area contributed by atoms with Crippen LogP contribution in [0, 0.1) is 0 Å². The number of benzene rings is 1. The predicted molar refractivity (Wildman–Crippen MR) is 42.7 cm³/mol. The minimum Gasteiger partial charge on any atom is -0.445 e. The maximum Gasteiger partial charge on any atom is 0.509 e. The molecule has 1 heterocycles. The van der Waals surface area contributed by atoms with Gasteiger partial charge in [-0.2, -0.15) is 0 Å². The first kappa shape index (κ1) is 8.16. The molecule has 0 saturated heterocycles. The Morgan fingerprint density at radius 1 is 1.23 bits per heavy atom. The molecule has 0 aliphatic carbocycles. The second kappa shape index (κ2) is 2.51. The zero-order chi connectivity index (χ0) is 9.47. The largest absolute Gasteiger partial charge is 0.509 e. The molecule has 0 fully saturated rings. The van der Waals surface area contributed by atoms with Crippen molar-refractivity contribution < 1.29 is 17.5 Å². The molecule has 0 saturated carbocycles. The summed E-state index contributed by atoms with van der Waals surface area (Å²) < 4.78 is 41.4. The number of fused-ring (bicyclic) bond motifs is 1. The van der Waals surface area contributed by atoms with Gasteiger partial charge in [-0.1, -0.05) is 17.3 Å². The summed E-state index contributed by atoms with van der Waals surface area (Å²) >= 11 is 0. The van der Waals surface area contributed by atoms with E-state index in [0.717, 1.165) is 12.1 Å². The lowest BCUT2D eigenvalue weighted by Crippen LogP contribution is -2.33. The highest BCUT2D eigenvalue weighted by Crippen LogP contribution is 2.15. The Balaban J connectivity index is 2.61. The Hall–Kier alpha value is -1.46. The highest BCUT2D eigenvalue weighted by atomic mass is 19.4. The second-order valence-electron chi connectivity index (χ2n) is 2.70. The van der Waals surface area contributed by atoms with Gasteiger partial charge in [-0.3, -0.25) is 0 Å². The molecule has 2 aromatic rings. The fourth-order valence-corrected chi connectivity index (χ4v) is 1.09. The van der Waals surface area contributed by atoms with E-state index >= 15 is 0 Å². The molecule has 0 atom stereocenters. The molecule has 0 bridgehead atoms. The van der Waals surface area contributed by atoms with Crippen LogP contribution in [0.3, 0.4) is 0 Å². The minimum atomic E-state index is -4.93. The monoisotopic (exact) mass is 186 g/mol. The van der Waals surface area contributed by atoms with E-state index < -0.39 is 12.4 Å². The standard InChI is InChI=1S/C7H4BF3NO/c9-8(10,11)6-1-2-7-5(3-6)4-12-13-7/h1-4H/q-1. The van der Waals surface area contributed by atoms with Gasteiger partial charge in [0.1, 0.15) is 0 Å². The number of hydrogen-bond acceptors (Lipinski definition) is 2. The van der Waals surface area contributed by atoms with Crippen molar-refractivity contribution in [1.82, 2.24) is 5.16 Å². The fraction of sp³-hybridized carbons (Fsp3) is 0. The van der Waals surface area contributed by atoms with Crippen LogP contribution in [0.25, 0.3) is 11.0 Å². The number of halogens is 3. The van der Waals surface area contributed by atoms with Gasteiger partial charge in [0.15, 0.2) is 5.58 Å². The van der Waals surface area contributed by atoms with Crippen molar-refractivity contribution in [3.63, 3.8) is 0 Å². The molecule has 0 spiro atoms. The maximum atomic E-state index is 12.2. The average Bonchev–Trinajstić information content (AvgIpc) is 2.47. The van der Waals surface area contributed by atoms with Crippen LogP contribution in [-0.4, -0.2) is 12.1 Å². The highest BCUT2D eigenvalue weighted by molar-refractivity contribution is 6.73. The summed E-state index contributed by atoms with van der Waals surface area (Å²) in [5.41, 5.74) is -0.264. The van der Waals surface area contributed by atoms with Crippen molar-refractivity contribution in [2.75, 3.05) is 0 Å². The zero-order valence-corrected chi connectivity index (χ0v) is 6.38. The lowest BCUT2D eigenvalue weighted by atomic mass is 9.80. The minimum absolute atomic E-state index is 0.365. The number of aromatic nitrogens is 1. The quantitative estimate of drug-likeness (QED) is 0.635. The Bertz CT molecular complexity index is 436. The van der Waals surface area contributed by atoms with Crippen LogP contribution in [0.1, 0.15) is 0 Å². The van der Waals surface area contributed by atoms with Crippen LogP contribution in [0.5, 0.6) is 0 Å². The third-order valence-electron chi connectivity index (χ3n) is 1.75. The number of rotatable bonds is 1. The molecule has 1 aromatic carbocycles. The SMILES string of the molecule is F[B-](F)(F)c1ccc2oncc2c1. The highest BCUT2D eigenvalue weighted by Gasteiger charge is 2.25. The molecular weight excluding hydrogens is 182 g/mol. The van der Waals surface area contributed by atoms with E-state index in [1.54, 1.807) is 0 Å². The van der Waals surface area contributed by atoms with E-state index in [1.807, 2.05) is 0 Å². The van der Waals surface area contributed by atoms with Crippen molar-refractivity contribution in [2.24, 2.45) is 0 Å². The van der Waals surface area contributed by atoms with Crippen LogP contribution >= 0.6 is 0 Å². The molecule has 0 unspecified atom stereocenters. The topological polar surface area (TPSA) is 26.0 Å². The first-order valence-electron chi connectivity index (χ1n) is 3.61. The molecule has 0 amide bonds. The van der Waals surface area contributed by atoms with Gasteiger partial charge in [0.05, 0.1) is 6.20 Å². The molecule has 0 N–H and O–H groups in total. The average molecular weight is 186 g/mol. The third kappa shape index (κ3) is 1.39. The van der Waals surface area contributed by atoms with E-state index in [9.17, 15) is 12.9 Å². The Kier molecular flexibility index (Phi) is 1.58. The predicted octanol–water partition coefficient (Wildman–Crippen LogP) is 1.88. The van der Waals surface area contributed by atoms with Gasteiger partial charge in [0.25, 0.3) is 0 Å². The summed E-state index contributed by atoms with van der Waals surface area (Å²) in [7, 11) is 0. The van der Waals surface area contributed by atoms with Crippen molar-refractivity contribution in [1.29, 1.82) is 0 Å². The summed E-state index contributed by atoms with van der Waals surface area (Å²) in [5.74, 6) is 0. The molecule has 2 nitrogen and oxygen atoms in total. The van der Waals surface area contributed by atoms with Crippen molar-refractivity contribution >= 4 is 23.4 Å².